The van der Waals surface area contributed by atoms with Crippen molar-refractivity contribution in [3.63, 3.8) is 0 Å². The van der Waals surface area contributed by atoms with E-state index in [9.17, 15) is 0 Å². The quantitative estimate of drug-likeness (QED) is 0.634. The molecule has 0 aliphatic rings. The summed E-state index contributed by atoms with van der Waals surface area (Å²) in [6.07, 6.45) is 6.46. The summed E-state index contributed by atoms with van der Waals surface area (Å²) >= 11 is 0. The number of anilines is 1. The van der Waals surface area contributed by atoms with Gasteiger partial charge in [0, 0.05) is 18.9 Å². The van der Waals surface area contributed by atoms with E-state index in [0.29, 0.717) is 12.3 Å². The maximum atomic E-state index is 5.83. The minimum atomic E-state index is 0.659. The van der Waals surface area contributed by atoms with Crippen molar-refractivity contribution >= 4 is 5.69 Å². The molecule has 0 spiro atoms. The van der Waals surface area contributed by atoms with Gasteiger partial charge in [-0.1, -0.05) is 6.07 Å². The first kappa shape index (κ1) is 11.5. The Balaban J connectivity index is 1.80. The Morgan fingerprint density at radius 3 is 3.06 bits per heavy atom. The van der Waals surface area contributed by atoms with Gasteiger partial charge in [0.1, 0.15) is 5.75 Å². The van der Waals surface area contributed by atoms with Gasteiger partial charge in [-0.3, -0.25) is 0 Å². The number of ether oxygens (including phenoxy) is 1. The predicted molar refractivity (Wildman–Crippen MR) is 67.9 cm³/mol. The fraction of sp³-hybridized carbons (Fsp3) is 0.308. The van der Waals surface area contributed by atoms with E-state index in [1.165, 1.54) is 0 Å². The van der Waals surface area contributed by atoms with Gasteiger partial charge in [-0.15, -0.1) is 0 Å². The molecule has 0 bridgehead atoms. The molecule has 1 aromatic carbocycles. The second-order valence-corrected chi connectivity index (χ2v) is 4.04. The van der Waals surface area contributed by atoms with E-state index < -0.39 is 0 Å². The summed E-state index contributed by atoms with van der Waals surface area (Å²) in [6, 6.07) is 5.82. The van der Waals surface area contributed by atoms with Crippen LogP contribution in [-0.2, 0) is 6.54 Å². The highest BCUT2D eigenvalue weighted by atomic mass is 16.5. The molecule has 0 saturated carbocycles. The van der Waals surface area contributed by atoms with Gasteiger partial charge < -0.3 is 15.0 Å². The molecule has 4 nitrogen and oxygen atoms in total. The van der Waals surface area contributed by atoms with Crippen molar-refractivity contribution in [2.75, 3.05) is 12.3 Å². The van der Waals surface area contributed by atoms with Gasteiger partial charge >= 0.3 is 0 Å². The van der Waals surface area contributed by atoms with Crippen molar-refractivity contribution in [3.8, 4) is 5.75 Å². The van der Waals surface area contributed by atoms with E-state index in [1.54, 1.807) is 12.5 Å². The summed E-state index contributed by atoms with van der Waals surface area (Å²) in [5.41, 5.74) is 7.68. The van der Waals surface area contributed by atoms with Crippen LogP contribution in [0.4, 0.5) is 5.69 Å². The molecule has 4 heteroatoms. The fourth-order valence-corrected chi connectivity index (χ4v) is 1.61. The Kier molecular flexibility index (Phi) is 3.65. The second-order valence-electron chi connectivity index (χ2n) is 4.04. The third-order valence-electron chi connectivity index (χ3n) is 2.55. The van der Waals surface area contributed by atoms with Crippen LogP contribution in [0.15, 0.2) is 36.9 Å². The van der Waals surface area contributed by atoms with Crippen LogP contribution in [0.5, 0.6) is 5.75 Å². The number of hydrogen-bond acceptors (Lipinski definition) is 3. The fourth-order valence-electron chi connectivity index (χ4n) is 1.61. The summed E-state index contributed by atoms with van der Waals surface area (Å²) in [7, 11) is 0. The monoisotopic (exact) mass is 231 g/mol. The van der Waals surface area contributed by atoms with E-state index in [1.807, 2.05) is 35.9 Å². The summed E-state index contributed by atoms with van der Waals surface area (Å²) in [4.78, 5) is 3.99. The molecule has 2 aromatic rings. The van der Waals surface area contributed by atoms with Crippen LogP contribution in [0, 0.1) is 6.92 Å². The lowest BCUT2D eigenvalue weighted by atomic mass is 10.2. The number of aryl methyl sites for hydroxylation is 2. The second kappa shape index (κ2) is 5.39. The van der Waals surface area contributed by atoms with Gasteiger partial charge in [0.05, 0.1) is 18.6 Å². The molecule has 0 saturated heterocycles. The van der Waals surface area contributed by atoms with Crippen molar-refractivity contribution in [2.45, 2.75) is 19.9 Å². The SMILES string of the molecule is Cc1ccc(N)c(OCCCn2ccnc2)c1. The first-order valence-corrected chi connectivity index (χ1v) is 5.70. The van der Waals surface area contributed by atoms with Crippen molar-refractivity contribution < 1.29 is 4.74 Å². The molecule has 2 rings (SSSR count). The summed E-state index contributed by atoms with van der Waals surface area (Å²) in [6.45, 7) is 3.59. The Morgan fingerprint density at radius 1 is 1.41 bits per heavy atom. The Hall–Kier alpha value is -1.97. The molecule has 17 heavy (non-hydrogen) atoms. The third kappa shape index (κ3) is 3.24. The number of rotatable bonds is 5. The van der Waals surface area contributed by atoms with Gasteiger partial charge in [0.2, 0.25) is 0 Å². The van der Waals surface area contributed by atoms with E-state index in [4.69, 9.17) is 10.5 Å². The number of nitrogens with zero attached hydrogens (tertiary/aromatic N) is 2. The highest BCUT2D eigenvalue weighted by Gasteiger charge is 2.00. The average Bonchev–Trinajstić information content (AvgIpc) is 2.82. The van der Waals surface area contributed by atoms with Crippen molar-refractivity contribution in [2.24, 2.45) is 0 Å². The number of nitrogens with two attached hydrogens (primary N) is 1. The molecule has 0 aliphatic carbocycles. The van der Waals surface area contributed by atoms with Crippen molar-refractivity contribution in [3.05, 3.63) is 42.5 Å². The highest BCUT2D eigenvalue weighted by molar-refractivity contribution is 5.53. The van der Waals surface area contributed by atoms with Gasteiger partial charge in [-0.2, -0.15) is 0 Å². The van der Waals surface area contributed by atoms with Crippen LogP contribution >= 0.6 is 0 Å². The molecule has 0 amide bonds. The minimum Gasteiger partial charge on any atom is -0.491 e. The van der Waals surface area contributed by atoms with Crippen LogP contribution in [0.1, 0.15) is 12.0 Å². The van der Waals surface area contributed by atoms with Crippen LogP contribution < -0.4 is 10.5 Å². The number of imidazole rings is 1. The van der Waals surface area contributed by atoms with Crippen LogP contribution in [0.3, 0.4) is 0 Å². The number of aromatic nitrogens is 2. The summed E-state index contributed by atoms with van der Waals surface area (Å²) in [5, 5.41) is 0. The Morgan fingerprint density at radius 2 is 2.29 bits per heavy atom. The van der Waals surface area contributed by atoms with E-state index in [0.717, 1.165) is 24.3 Å². The van der Waals surface area contributed by atoms with Gasteiger partial charge in [0.25, 0.3) is 0 Å². The number of hydrogen-bond donors (Lipinski definition) is 1. The smallest absolute Gasteiger partial charge is 0.142 e. The molecule has 0 atom stereocenters. The van der Waals surface area contributed by atoms with Gasteiger partial charge in [-0.05, 0) is 31.0 Å². The van der Waals surface area contributed by atoms with E-state index in [2.05, 4.69) is 4.98 Å². The third-order valence-corrected chi connectivity index (χ3v) is 2.55. The topological polar surface area (TPSA) is 53.1 Å². The van der Waals surface area contributed by atoms with Gasteiger partial charge in [0.15, 0.2) is 0 Å². The lowest BCUT2D eigenvalue weighted by molar-refractivity contribution is 0.303. The molecule has 0 aliphatic heterocycles. The summed E-state index contributed by atoms with van der Waals surface area (Å²) in [5.74, 6) is 0.774. The minimum absolute atomic E-state index is 0.659. The van der Waals surface area contributed by atoms with Crippen LogP contribution in [0.25, 0.3) is 0 Å². The molecular weight excluding hydrogens is 214 g/mol. The first-order chi connectivity index (χ1) is 8.25. The molecule has 0 radical (unpaired) electrons. The average molecular weight is 231 g/mol. The zero-order valence-corrected chi connectivity index (χ0v) is 9.97. The van der Waals surface area contributed by atoms with E-state index >= 15 is 0 Å². The molecule has 1 heterocycles. The zero-order chi connectivity index (χ0) is 12.1. The highest BCUT2D eigenvalue weighted by Crippen LogP contribution is 2.22. The number of benzene rings is 1. The maximum absolute atomic E-state index is 5.83. The molecule has 0 fully saturated rings. The zero-order valence-electron chi connectivity index (χ0n) is 9.97. The van der Waals surface area contributed by atoms with Crippen molar-refractivity contribution in [1.29, 1.82) is 0 Å². The van der Waals surface area contributed by atoms with Gasteiger partial charge in [-0.25, -0.2) is 4.98 Å². The van der Waals surface area contributed by atoms with Crippen LogP contribution in [0.2, 0.25) is 0 Å². The largest absolute Gasteiger partial charge is 0.491 e. The first-order valence-electron chi connectivity index (χ1n) is 5.70. The van der Waals surface area contributed by atoms with Crippen molar-refractivity contribution in [1.82, 2.24) is 9.55 Å². The molecule has 1 aromatic heterocycles. The number of nitrogen functional groups attached to an aromatic ring is 1. The predicted octanol–water partition coefficient (Wildman–Crippen LogP) is 2.24. The molecule has 0 unspecified atom stereocenters. The maximum Gasteiger partial charge on any atom is 0.142 e. The Labute approximate surface area is 101 Å². The summed E-state index contributed by atoms with van der Waals surface area (Å²) < 4.78 is 7.69. The lowest BCUT2D eigenvalue weighted by Crippen LogP contribution is -2.04. The standard InChI is InChI=1S/C13H17N3O/c1-11-3-4-12(14)13(9-11)17-8-2-6-16-7-5-15-10-16/h3-5,7,9-10H,2,6,8,14H2,1H3. The van der Waals surface area contributed by atoms with Crippen LogP contribution in [-0.4, -0.2) is 16.2 Å². The lowest BCUT2D eigenvalue weighted by Gasteiger charge is -2.09. The molecule has 2 N–H and O–H groups in total. The molecular formula is C13H17N3O. The van der Waals surface area contributed by atoms with E-state index in [-0.39, 0.29) is 0 Å². The molecule has 90 valence electrons. The normalized spacial score (nSPS) is 10.4. The Bertz CT molecular complexity index is 466.